The molecule has 1 N–H and O–H groups in total. The largest absolute Gasteiger partial charge is 0.481 e. The van der Waals surface area contributed by atoms with E-state index in [-0.39, 0.29) is 6.42 Å². The van der Waals surface area contributed by atoms with Gasteiger partial charge in [0, 0.05) is 23.7 Å². The summed E-state index contributed by atoms with van der Waals surface area (Å²) in [5, 5.41) is 8.57. The number of hydrogen-bond acceptors (Lipinski definition) is 4. The van der Waals surface area contributed by atoms with Crippen molar-refractivity contribution in [1.82, 2.24) is 9.97 Å². The van der Waals surface area contributed by atoms with Gasteiger partial charge >= 0.3 is 12.1 Å². The molecular weight excluding hydrogens is 349 g/mol. The highest BCUT2D eigenvalue weighted by Gasteiger charge is 2.30. The summed E-state index contributed by atoms with van der Waals surface area (Å²) in [7, 11) is 0. The topological polar surface area (TPSA) is 72.3 Å². The van der Waals surface area contributed by atoms with Gasteiger partial charge in [-0.3, -0.25) is 4.79 Å². The van der Waals surface area contributed by atoms with Gasteiger partial charge in [-0.1, -0.05) is 12.1 Å². The van der Waals surface area contributed by atoms with Crippen LogP contribution in [0, 0.1) is 6.92 Å². The third-order valence-electron chi connectivity index (χ3n) is 3.59. The van der Waals surface area contributed by atoms with E-state index < -0.39 is 17.7 Å². The Morgan fingerprint density at radius 2 is 1.81 bits per heavy atom. The monoisotopic (exact) mass is 368 g/mol. The lowest BCUT2D eigenvalue weighted by atomic mass is 10.1. The second-order valence-corrected chi connectivity index (χ2v) is 5.80. The molecule has 1 heterocycles. The molecule has 8 heteroatoms. The smallest absolute Gasteiger partial charge is 0.416 e. The third-order valence-corrected chi connectivity index (χ3v) is 3.59. The van der Waals surface area contributed by atoms with Crippen LogP contribution >= 0.6 is 0 Å². The molecule has 0 unspecified atom stereocenters. The first-order valence-corrected chi connectivity index (χ1v) is 8.13. The van der Waals surface area contributed by atoms with Crippen LogP contribution in [-0.2, 0) is 11.0 Å². The molecule has 140 valence electrons. The van der Waals surface area contributed by atoms with Crippen LogP contribution in [-0.4, -0.2) is 27.7 Å². The van der Waals surface area contributed by atoms with Gasteiger partial charge in [-0.15, -0.1) is 0 Å². The van der Waals surface area contributed by atoms with Crippen LogP contribution in [0.2, 0.25) is 0 Å². The summed E-state index contributed by atoms with van der Waals surface area (Å²) in [5.74, 6) is -0.191. The van der Waals surface area contributed by atoms with E-state index in [0.29, 0.717) is 42.4 Å². The second kappa shape index (κ2) is 8.64. The van der Waals surface area contributed by atoms with Crippen molar-refractivity contribution in [1.29, 1.82) is 0 Å². The summed E-state index contributed by atoms with van der Waals surface area (Å²) in [6.45, 7) is 2.12. The summed E-state index contributed by atoms with van der Waals surface area (Å²) < 4.78 is 43.5. The molecule has 2 aromatic rings. The standard InChI is InChI=1S/C18H19F3N2O3/c1-12-11-15(26-10-4-2-3-5-16(24)25)23-17(22-12)13-6-8-14(9-7-13)18(19,20)21/h6-9,11H,2-5,10H2,1H3,(H,24,25). The minimum Gasteiger partial charge on any atom is -0.481 e. The van der Waals surface area contributed by atoms with Crippen molar-refractivity contribution >= 4 is 5.97 Å². The van der Waals surface area contributed by atoms with E-state index in [1.165, 1.54) is 12.1 Å². The summed E-state index contributed by atoms with van der Waals surface area (Å²) in [6.07, 6.45) is -2.27. The van der Waals surface area contributed by atoms with Gasteiger partial charge in [0.15, 0.2) is 5.82 Å². The van der Waals surface area contributed by atoms with Gasteiger partial charge in [0.05, 0.1) is 12.2 Å². The third kappa shape index (κ3) is 6.02. The van der Waals surface area contributed by atoms with Crippen LogP contribution in [0.3, 0.4) is 0 Å². The molecule has 0 amide bonds. The number of unbranched alkanes of at least 4 members (excludes halogenated alkanes) is 2. The van der Waals surface area contributed by atoms with Gasteiger partial charge < -0.3 is 9.84 Å². The molecule has 26 heavy (non-hydrogen) atoms. The number of ether oxygens (including phenoxy) is 1. The number of rotatable bonds is 8. The predicted octanol–water partition coefficient (Wildman–Crippen LogP) is 4.49. The van der Waals surface area contributed by atoms with Crippen molar-refractivity contribution in [3.63, 3.8) is 0 Å². The second-order valence-electron chi connectivity index (χ2n) is 5.80. The fourth-order valence-electron chi connectivity index (χ4n) is 2.28. The average Bonchev–Trinajstić information content (AvgIpc) is 2.56. The van der Waals surface area contributed by atoms with E-state index in [9.17, 15) is 18.0 Å². The average molecular weight is 368 g/mol. The number of carboxylic acids is 1. The Labute approximate surface area is 148 Å². The number of hydrogen-bond donors (Lipinski definition) is 1. The van der Waals surface area contributed by atoms with Crippen molar-refractivity contribution in [2.24, 2.45) is 0 Å². The number of aromatic nitrogens is 2. The van der Waals surface area contributed by atoms with Crippen molar-refractivity contribution in [3.05, 3.63) is 41.6 Å². The molecular formula is C18H19F3N2O3. The van der Waals surface area contributed by atoms with Crippen LogP contribution in [0.1, 0.15) is 36.9 Å². The normalized spacial score (nSPS) is 11.4. The number of halogens is 3. The Morgan fingerprint density at radius 3 is 2.42 bits per heavy atom. The molecule has 0 spiro atoms. The summed E-state index contributed by atoms with van der Waals surface area (Å²) in [4.78, 5) is 18.9. The summed E-state index contributed by atoms with van der Waals surface area (Å²) in [5.41, 5.74) is 0.371. The number of aryl methyl sites for hydroxylation is 1. The molecule has 0 saturated carbocycles. The molecule has 0 aliphatic heterocycles. The maximum absolute atomic E-state index is 12.6. The van der Waals surface area contributed by atoms with Gasteiger partial charge in [0.25, 0.3) is 0 Å². The van der Waals surface area contributed by atoms with Gasteiger partial charge in [0.2, 0.25) is 5.88 Å². The van der Waals surface area contributed by atoms with Gasteiger partial charge in [-0.25, -0.2) is 4.98 Å². The highest BCUT2D eigenvalue weighted by atomic mass is 19.4. The molecule has 0 bridgehead atoms. The SMILES string of the molecule is Cc1cc(OCCCCCC(=O)O)nc(-c2ccc(C(F)(F)F)cc2)n1. The molecule has 0 aliphatic carbocycles. The summed E-state index contributed by atoms with van der Waals surface area (Å²) >= 11 is 0. The first-order chi connectivity index (χ1) is 12.3. The predicted molar refractivity (Wildman–Crippen MR) is 88.8 cm³/mol. The fraction of sp³-hybridized carbons (Fsp3) is 0.389. The lowest BCUT2D eigenvalue weighted by molar-refractivity contribution is -0.138. The van der Waals surface area contributed by atoms with E-state index in [4.69, 9.17) is 9.84 Å². The molecule has 0 saturated heterocycles. The van der Waals surface area contributed by atoms with Crippen molar-refractivity contribution in [3.8, 4) is 17.3 Å². The van der Waals surface area contributed by atoms with Crippen molar-refractivity contribution in [2.45, 2.75) is 38.8 Å². The number of carboxylic acid groups (broad SMARTS) is 1. The number of alkyl halides is 3. The Balaban J connectivity index is 1.99. The first-order valence-electron chi connectivity index (χ1n) is 8.13. The van der Waals surface area contributed by atoms with Crippen LogP contribution in [0.15, 0.2) is 30.3 Å². The Kier molecular flexibility index (Phi) is 6.54. The van der Waals surface area contributed by atoms with Gasteiger partial charge in [-0.2, -0.15) is 18.2 Å². The van der Waals surface area contributed by atoms with E-state index >= 15 is 0 Å². The lowest BCUT2D eigenvalue weighted by Gasteiger charge is -2.09. The molecule has 0 atom stereocenters. The molecule has 5 nitrogen and oxygen atoms in total. The Morgan fingerprint density at radius 1 is 1.12 bits per heavy atom. The van der Waals surface area contributed by atoms with Crippen LogP contribution in [0.4, 0.5) is 13.2 Å². The van der Waals surface area contributed by atoms with E-state index in [2.05, 4.69) is 9.97 Å². The highest BCUT2D eigenvalue weighted by Crippen LogP contribution is 2.30. The van der Waals surface area contributed by atoms with Crippen LogP contribution in [0.5, 0.6) is 5.88 Å². The zero-order valence-electron chi connectivity index (χ0n) is 14.2. The number of nitrogens with zero attached hydrogens (tertiary/aromatic N) is 2. The van der Waals surface area contributed by atoms with Crippen molar-refractivity contribution in [2.75, 3.05) is 6.61 Å². The van der Waals surface area contributed by atoms with Crippen LogP contribution in [0.25, 0.3) is 11.4 Å². The fourth-order valence-corrected chi connectivity index (χ4v) is 2.28. The minimum atomic E-state index is -4.39. The number of aliphatic carboxylic acids is 1. The van der Waals surface area contributed by atoms with Gasteiger partial charge in [0.1, 0.15) is 0 Å². The first kappa shape index (κ1) is 19.7. The lowest BCUT2D eigenvalue weighted by Crippen LogP contribution is -2.05. The van der Waals surface area contributed by atoms with Gasteiger partial charge in [-0.05, 0) is 38.3 Å². The Hall–Kier alpha value is -2.64. The molecule has 0 fully saturated rings. The zero-order chi connectivity index (χ0) is 19.2. The minimum absolute atomic E-state index is 0.130. The molecule has 1 aromatic heterocycles. The van der Waals surface area contributed by atoms with E-state index in [0.717, 1.165) is 18.6 Å². The molecule has 0 aliphatic rings. The van der Waals surface area contributed by atoms with E-state index in [1.54, 1.807) is 13.0 Å². The summed E-state index contributed by atoms with van der Waals surface area (Å²) in [6, 6.07) is 6.28. The Bertz CT molecular complexity index is 746. The molecule has 1 aromatic carbocycles. The maximum Gasteiger partial charge on any atom is 0.416 e. The highest BCUT2D eigenvalue weighted by molar-refractivity contribution is 5.66. The quantitative estimate of drug-likeness (QED) is 0.695. The maximum atomic E-state index is 12.6. The molecule has 0 radical (unpaired) electrons. The van der Waals surface area contributed by atoms with Crippen molar-refractivity contribution < 1.29 is 27.8 Å². The number of carbonyl (C=O) groups is 1. The van der Waals surface area contributed by atoms with Crippen LogP contribution < -0.4 is 4.74 Å². The van der Waals surface area contributed by atoms with E-state index in [1.807, 2.05) is 0 Å². The molecule has 2 rings (SSSR count). The zero-order valence-corrected chi connectivity index (χ0v) is 14.2. The number of benzene rings is 1.